The molecular formula is C20H18N2O6S. The SMILES string of the molecule is COC(=O)CN1C(=O)S/C(=C/c2ccc(OCc3ccncc3)c(OC)c2)C1=O. The van der Waals surface area contributed by atoms with Crippen LogP contribution in [0.25, 0.3) is 6.08 Å². The van der Waals surface area contributed by atoms with Crippen LogP contribution in [0.1, 0.15) is 11.1 Å². The molecule has 150 valence electrons. The molecule has 1 aromatic heterocycles. The van der Waals surface area contributed by atoms with Crippen LogP contribution in [0.5, 0.6) is 11.5 Å². The number of carbonyl (C=O) groups excluding carboxylic acids is 3. The number of imide groups is 1. The molecule has 29 heavy (non-hydrogen) atoms. The predicted octanol–water partition coefficient (Wildman–Crippen LogP) is 2.88. The van der Waals surface area contributed by atoms with Gasteiger partial charge in [0.25, 0.3) is 11.1 Å². The zero-order valence-corrected chi connectivity index (χ0v) is 16.6. The molecule has 0 unspecified atom stereocenters. The van der Waals surface area contributed by atoms with Gasteiger partial charge in [-0.3, -0.25) is 24.3 Å². The third-order valence-electron chi connectivity index (χ3n) is 4.02. The van der Waals surface area contributed by atoms with E-state index in [4.69, 9.17) is 9.47 Å². The van der Waals surface area contributed by atoms with Crippen molar-refractivity contribution in [1.29, 1.82) is 0 Å². The van der Waals surface area contributed by atoms with Crippen molar-refractivity contribution in [3.63, 3.8) is 0 Å². The van der Waals surface area contributed by atoms with E-state index in [1.165, 1.54) is 14.2 Å². The van der Waals surface area contributed by atoms with Crippen molar-refractivity contribution in [2.75, 3.05) is 20.8 Å². The van der Waals surface area contributed by atoms with E-state index >= 15 is 0 Å². The summed E-state index contributed by atoms with van der Waals surface area (Å²) < 4.78 is 15.7. The molecule has 0 saturated carbocycles. The summed E-state index contributed by atoms with van der Waals surface area (Å²) in [5.41, 5.74) is 1.62. The molecule has 0 aliphatic carbocycles. The van der Waals surface area contributed by atoms with Crippen LogP contribution in [-0.2, 0) is 20.9 Å². The summed E-state index contributed by atoms with van der Waals surface area (Å²) in [6, 6.07) is 8.88. The summed E-state index contributed by atoms with van der Waals surface area (Å²) in [6.07, 6.45) is 4.94. The fraction of sp³-hybridized carbons (Fsp3) is 0.200. The zero-order chi connectivity index (χ0) is 20.8. The Morgan fingerprint density at radius 2 is 1.90 bits per heavy atom. The lowest BCUT2D eigenvalue weighted by atomic mass is 10.2. The molecule has 3 rings (SSSR count). The monoisotopic (exact) mass is 414 g/mol. The Bertz CT molecular complexity index is 961. The summed E-state index contributed by atoms with van der Waals surface area (Å²) in [4.78, 5) is 40.8. The van der Waals surface area contributed by atoms with Crippen LogP contribution in [0.2, 0.25) is 0 Å². The Hall–Kier alpha value is -3.33. The molecule has 2 amide bonds. The largest absolute Gasteiger partial charge is 0.493 e. The summed E-state index contributed by atoms with van der Waals surface area (Å²) in [6.45, 7) is -0.0613. The second-order valence-electron chi connectivity index (χ2n) is 5.90. The van der Waals surface area contributed by atoms with E-state index in [-0.39, 0.29) is 4.91 Å². The Kier molecular flexibility index (Phi) is 6.50. The third-order valence-corrected chi connectivity index (χ3v) is 4.93. The number of methoxy groups -OCH3 is 2. The Morgan fingerprint density at radius 1 is 1.14 bits per heavy atom. The number of esters is 1. The predicted molar refractivity (Wildman–Crippen MR) is 106 cm³/mol. The third kappa shape index (κ3) is 4.94. The number of aromatic nitrogens is 1. The van der Waals surface area contributed by atoms with Crippen LogP contribution in [0.3, 0.4) is 0 Å². The standard InChI is InChI=1S/C20H18N2O6S/c1-26-16-9-14(3-4-15(16)28-12-13-5-7-21-8-6-13)10-17-19(24)22(20(25)29-17)11-18(23)27-2/h3-10H,11-12H2,1-2H3/b17-10+. The van der Waals surface area contributed by atoms with Gasteiger partial charge in [-0.1, -0.05) is 6.07 Å². The molecule has 1 aliphatic rings. The van der Waals surface area contributed by atoms with Gasteiger partial charge in [0.1, 0.15) is 13.2 Å². The van der Waals surface area contributed by atoms with Gasteiger partial charge in [-0.15, -0.1) is 0 Å². The number of thioether (sulfide) groups is 1. The average molecular weight is 414 g/mol. The van der Waals surface area contributed by atoms with Gasteiger partial charge in [0.15, 0.2) is 11.5 Å². The van der Waals surface area contributed by atoms with Crippen LogP contribution in [0.4, 0.5) is 4.79 Å². The number of hydrogen-bond acceptors (Lipinski definition) is 8. The number of benzene rings is 1. The summed E-state index contributed by atoms with van der Waals surface area (Å²) in [7, 11) is 2.71. The van der Waals surface area contributed by atoms with Crippen molar-refractivity contribution in [3.8, 4) is 11.5 Å². The maximum Gasteiger partial charge on any atom is 0.325 e. The molecule has 2 aromatic rings. The first-order chi connectivity index (χ1) is 14.0. The molecule has 1 aliphatic heterocycles. The second kappa shape index (κ2) is 9.24. The van der Waals surface area contributed by atoms with E-state index in [1.54, 1.807) is 36.7 Å². The normalized spacial score (nSPS) is 15.0. The topological polar surface area (TPSA) is 95.0 Å². The molecule has 0 atom stereocenters. The van der Waals surface area contributed by atoms with Gasteiger partial charge in [-0.25, -0.2) is 0 Å². The van der Waals surface area contributed by atoms with Gasteiger partial charge < -0.3 is 14.2 Å². The number of hydrogen-bond donors (Lipinski definition) is 0. The Morgan fingerprint density at radius 3 is 2.59 bits per heavy atom. The molecule has 0 spiro atoms. The Balaban J connectivity index is 1.75. The lowest BCUT2D eigenvalue weighted by Gasteiger charge is -2.11. The average Bonchev–Trinajstić information content (AvgIpc) is 3.00. The van der Waals surface area contributed by atoms with Crippen molar-refractivity contribution in [2.45, 2.75) is 6.61 Å². The van der Waals surface area contributed by atoms with E-state index in [0.29, 0.717) is 23.7 Å². The van der Waals surface area contributed by atoms with Gasteiger partial charge in [0, 0.05) is 12.4 Å². The molecule has 2 heterocycles. The summed E-state index contributed by atoms with van der Waals surface area (Å²) in [5, 5.41) is -0.518. The molecule has 1 aromatic carbocycles. The van der Waals surface area contributed by atoms with Crippen molar-refractivity contribution < 1.29 is 28.6 Å². The van der Waals surface area contributed by atoms with Crippen LogP contribution in [0, 0.1) is 0 Å². The van der Waals surface area contributed by atoms with Crippen molar-refractivity contribution in [1.82, 2.24) is 9.88 Å². The minimum atomic E-state index is -0.661. The van der Waals surface area contributed by atoms with Gasteiger partial charge in [-0.05, 0) is 53.2 Å². The van der Waals surface area contributed by atoms with Gasteiger partial charge in [-0.2, -0.15) is 0 Å². The number of rotatable bonds is 7. The van der Waals surface area contributed by atoms with E-state index in [1.807, 2.05) is 12.1 Å². The van der Waals surface area contributed by atoms with Crippen LogP contribution >= 0.6 is 11.8 Å². The van der Waals surface area contributed by atoms with Gasteiger partial charge in [0.2, 0.25) is 0 Å². The minimum absolute atomic E-state index is 0.214. The van der Waals surface area contributed by atoms with E-state index < -0.39 is 23.7 Å². The number of ether oxygens (including phenoxy) is 3. The highest BCUT2D eigenvalue weighted by atomic mass is 32.2. The lowest BCUT2D eigenvalue weighted by molar-refractivity contribution is -0.143. The molecule has 0 N–H and O–H groups in total. The maximum absolute atomic E-state index is 12.4. The fourth-order valence-electron chi connectivity index (χ4n) is 2.51. The molecule has 1 saturated heterocycles. The van der Waals surface area contributed by atoms with Crippen LogP contribution < -0.4 is 9.47 Å². The first-order valence-corrected chi connectivity index (χ1v) is 9.35. The molecular weight excluding hydrogens is 396 g/mol. The molecule has 0 bridgehead atoms. The van der Waals surface area contributed by atoms with E-state index in [2.05, 4.69) is 9.72 Å². The van der Waals surface area contributed by atoms with Crippen molar-refractivity contribution >= 4 is 35.0 Å². The second-order valence-corrected chi connectivity index (χ2v) is 6.89. The highest BCUT2D eigenvalue weighted by molar-refractivity contribution is 8.18. The maximum atomic E-state index is 12.4. The number of pyridine rings is 1. The van der Waals surface area contributed by atoms with Crippen LogP contribution in [0.15, 0.2) is 47.6 Å². The first kappa shape index (κ1) is 20.4. The van der Waals surface area contributed by atoms with Crippen LogP contribution in [-0.4, -0.2) is 47.8 Å². The van der Waals surface area contributed by atoms with Gasteiger partial charge >= 0.3 is 5.97 Å². The first-order valence-electron chi connectivity index (χ1n) is 8.53. The van der Waals surface area contributed by atoms with E-state index in [0.717, 1.165) is 22.2 Å². The van der Waals surface area contributed by atoms with Gasteiger partial charge in [0.05, 0.1) is 19.1 Å². The minimum Gasteiger partial charge on any atom is -0.493 e. The lowest BCUT2D eigenvalue weighted by Crippen LogP contribution is -2.34. The van der Waals surface area contributed by atoms with Crippen molar-refractivity contribution in [3.05, 3.63) is 58.8 Å². The Labute approximate surface area is 171 Å². The highest BCUT2D eigenvalue weighted by Gasteiger charge is 2.36. The quantitative estimate of drug-likeness (QED) is 0.504. The van der Waals surface area contributed by atoms with E-state index in [9.17, 15) is 14.4 Å². The zero-order valence-electron chi connectivity index (χ0n) is 15.8. The number of nitrogens with zero attached hydrogens (tertiary/aromatic N) is 2. The fourth-order valence-corrected chi connectivity index (χ4v) is 3.35. The highest BCUT2D eigenvalue weighted by Crippen LogP contribution is 2.34. The number of amides is 2. The summed E-state index contributed by atoms with van der Waals surface area (Å²) in [5.74, 6) is -0.171. The smallest absolute Gasteiger partial charge is 0.325 e. The number of carbonyl (C=O) groups is 3. The van der Waals surface area contributed by atoms with Crippen molar-refractivity contribution in [2.24, 2.45) is 0 Å². The molecule has 8 nitrogen and oxygen atoms in total. The molecule has 0 radical (unpaired) electrons. The molecule has 1 fully saturated rings. The summed E-state index contributed by atoms with van der Waals surface area (Å²) >= 11 is 0.767. The molecule has 9 heteroatoms.